The van der Waals surface area contributed by atoms with E-state index in [1.807, 2.05) is 6.92 Å². The molecule has 0 aliphatic carbocycles. The van der Waals surface area contributed by atoms with Crippen molar-refractivity contribution in [1.29, 1.82) is 0 Å². The van der Waals surface area contributed by atoms with Gasteiger partial charge >= 0.3 is 0 Å². The van der Waals surface area contributed by atoms with E-state index in [1.165, 1.54) is 16.3 Å². The number of halogens is 1. The Labute approximate surface area is 97.3 Å². The van der Waals surface area contributed by atoms with Crippen molar-refractivity contribution < 1.29 is 0 Å². The Kier molecular flexibility index (Phi) is 4.16. The Hall–Kier alpha value is -0.320. The predicted octanol–water partition coefficient (Wildman–Crippen LogP) is 2.47. The molecule has 14 heavy (non-hydrogen) atoms. The summed E-state index contributed by atoms with van der Waals surface area (Å²) in [5.74, 6) is 0.840. The minimum Gasteiger partial charge on any atom is -0.318 e. The molecule has 1 rings (SSSR count). The predicted molar refractivity (Wildman–Crippen MR) is 66.5 cm³/mol. The van der Waals surface area contributed by atoms with E-state index in [1.54, 1.807) is 19.3 Å². The summed E-state index contributed by atoms with van der Waals surface area (Å²) in [5, 5.41) is 0.430. The molecule has 0 atom stereocenters. The molecule has 0 saturated heterocycles. The molecule has 0 fully saturated rings. The average Bonchev–Trinajstić information content (AvgIpc) is 2.13. The fourth-order valence-corrected chi connectivity index (χ4v) is 2.49. The third kappa shape index (κ3) is 2.38. The van der Waals surface area contributed by atoms with Crippen LogP contribution in [0.3, 0.4) is 0 Å². The molecule has 0 unspecified atom stereocenters. The zero-order valence-corrected chi connectivity index (χ0v) is 10.3. The minimum atomic E-state index is -0.136. The monoisotopic (exact) mass is 247 g/mol. The number of thioether (sulfide) groups is 1. The first-order valence-electron chi connectivity index (χ1n) is 4.10. The van der Waals surface area contributed by atoms with E-state index in [-0.39, 0.29) is 5.56 Å². The molecule has 0 aliphatic rings. The summed E-state index contributed by atoms with van der Waals surface area (Å²) in [6.07, 6.45) is 1.63. The van der Waals surface area contributed by atoms with E-state index < -0.39 is 0 Å². The van der Waals surface area contributed by atoms with E-state index in [0.717, 1.165) is 5.75 Å². The second kappa shape index (κ2) is 4.96. The molecule has 0 bridgehead atoms. The zero-order chi connectivity index (χ0) is 10.7. The summed E-state index contributed by atoms with van der Waals surface area (Å²) in [7, 11) is 1.68. The van der Waals surface area contributed by atoms with Crippen LogP contribution in [0.15, 0.2) is 17.1 Å². The van der Waals surface area contributed by atoms with Gasteiger partial charge in [-0.15, -0.1) is 11.8 Å². The summed E-state index contributed by atoms with van der Waals surface area (Å²) in [6.45, 7) is 1.98. The lowest BCUT2D eigenvalue weighted by Crippen LogP contribution is -2.22. The average molecular weight is 248 g/mol. The maximum atomic E-state index is 11.7. The molecule has 5 heteroatoms. The normalized spacial score (nSPS) is 10.2. The Morgan fingerprint density at radius 2 is 2.36 bits per heavy atom. The maximum absolute atomic E-state index is 11.7. The molecule has 0 N–H and O–H groups in total. The summed E-state index contributed by atoms with van der Waals surface area (Å²) in [6, 6.07) is 1.68. The van der Waals surface area contributed by atoms with E-state index >= 15 is 0 Å². The van der Waals surface area contributed by atoms with Crippen LogP contribution in [0.4, 0.5) is 0 Å². The van der Waals surface area contributed by atoms with Crippen molar-refractivity contribution in [3.63, 3.8) is 0 Å². The molecule has 0 saturated carbocycles. The number of hydrogen-bond acceptors (Lipinski definition) is 3. The highest BCUT2D eigenvalue weighted by molar-refractivity contribution is 8.23. The lowest BCUT2D eigenvalue weighted by molar-refractivity contribution is 0.858. The van der Waals surface area contributed by atoms with Crippen LogP contribution < -0.4 is 5.56 Å². The van der Waals surface area contributed by atoms with Gasteiger partial charge in [-0.25, -0.2) is 0 Å². The van der Waals surface area contributed by atoms with Crippen molar-refractivity contribution in [3.8, 4) is 0 Å². The number of rotatable bonds is 2. The van der Waals surface area contributed by atoms with Gasteiger partial charge in [0.05, 0.1) is 14.8 Å². The second-order valence-electron chi connectivity index (χ2n) is 2.68. The van der Waals surface area contributed by atoms with Crippen molar-refractivity contribution in [2.45, 2.75) is 6.92 Å². The molecule has 0 spiro atoms. The van der Waals surface area contributed by atoms with Gasteiger partial charge in [0.15, 0.2) is 0 Å². The summed E-state index contributed by atoms with van der Waals surface area (Å²) >= 11 is 12.5. The summed E-state index contributed by atoms with van der Waals surface area (Å²) in [4.78, 5) is 11.7. The van der Waals surface area contributed by atoms with Crippen LogP contribution in [0.25, 0.3) is 0 Å². The van der Waals surface area contributed by atoms with Gasteiger partial charge in [0.1, 0.15) is 0 Å². The SMILES string of the molecule is CCSC(=S)c1c(Cl)ccn(C)c1=O. The smallest absolute Gasteiger partial charge is 0.261 e. The highest BCUT2D eigenvalue weighted by Gasteiger charge is 2.11. The van der Waals surface area contributed by atoms with Crippen LogP contribution in [0.2, 0.25) is 5.02 Å². The standard InChI is InChI=1S/C9H10ClNOS2/c1-3-14-9(13)7-6(10)4-5-11(2)8(7)12/h4-5H,3H2,1-2H3. The van der Waals surface area contributed by atoms with Crippen LogP contribution in [-0.4, -0.2) is 14.5 Å². The fourth-order valence-electron chi connectivity index (χ4n) is 0.995. The lowest BCUT2D eigenvalue weighted by Gasteiger charge is -2.05. The molecule has 0 aromatic carbocycles. The first-order chi connectivity index (χ1) is 6.57. The molecular formula is C9H10ClNOS2. The van der Waals surface area contributed by atoms with E-state index in [2.05, 4.69) is 0 Å². The van der Waals surface area contributed by atoms with Crippen molar-refractivity contribution in [1.82, 2.24) is 4.57 Å². The molecule has 1 aromatic rings. The highest BCUT2D eigenvalue weighted by Crippen LogP contribution is 2.18. The van der Waals surface area contributed by atoms with Crippen LogP contribution in [0.5, 0.6) is 0 Å². The Balaban J connectivity index is 3.26. The molecule has 0 radical (unpaired) electrons. The van der Waals surface area contributed by atoms with Crippen LogP contribution in [-0.2, 0) is 7.05 Å². The quantitative estimate of drug-likeness (QED) is 0.750. The van der Waals surface area contributed by atoms with Gasteiger partial charge in [0.25, 0.3) is 5.56 Å². The highest BCUT2D eigenvalue weighted by atomic mass is 35.5. The van der Waals surface area contributed by atoms with Crippen molar-refractivity contribution in [2.24, 2.45) is 7.05 Å². The minimum absolute atomic E-state index is 0.136. The Morgan fingerprint density at radius 1 is 1.71 bits per heavy atom. The molecule has 76 valence electrons. The lowest BCUT2D eigenvalue weighted by atomic mass is 10.3. The number of hydrogen-bond donors (Lipinski definition) is 0. The van der Waals surface area contributed by atoms with Gasteiger partial charge < -0.3 is 4.57 Å². The topological polar surface area (TPSA) is 22.0 Å². The fraction of sp³-hybridized carbons (Fsp3) is 0.333. The second-order valence-corrected chi connectivity index (χ2v) is 5.02. The Morgan fingerprint density at radius 3 is 2.93 bits per heavy atom. The number of aryl methyl sites for hydroxylation is 1. The number of aromatic nitrogens is 1. The van der Waals surface area contributed by atoms with Crippen LogP contribution >= 0.6 is 35.6 Å². The molecule has 0 amide bonds. The van der Waals surface area contributed by atoms with E-state index in [0.29, 0.717) is 14.8 Å². The van der Waals surface area contributed by atoms with Gasteiger partial charge in [-0.2, -0.15) is 0 Å². The van der Waals surface area contributed by atoms with Gasteiger partial charge in [0.2, 0.25) is 0 Å². The maximum Gasteiger partial charge on any atom is 0.261 e. The molecule has 2 nitrogen and oxygen atoms in total. The zero-order valence-electron chi connectivity index (χ0n) is 7.91. The first kappa shape index (κ1) is 11.8. The van der Waals surface area contributed by atoms with E-state index in [4.69, 9.17) is 23.8 Å². The molecule has 0 aliphatic heterocycles. The van der Waals surface area contributed by atoms with Gasteiger partial charge in [0, 0.05) is 13.2 Å². The third-order valence-corrected chi connectivity index (χ3v) is 3.32. The largest absolute Gasteiger partial charge is 0.318 e. The van der Waals surface area contributed by atoms with Crippen molar-refractivity contribution in [2.75, 3.05) is 5.75 Å². The van der Waals surface area contributed by atoms with Crippen molar-refractivity contribution in [3.05, 3.63) is 33.2 Å². The molecular weight excluding hydrogens is 238 g/mol. The van der Waals surface area contributed by atoms with Gasteiger partial charge in [-0.05, 0) is 11.8 Å². The Bertz CT molecular complexity index is 414. The van der Waals surface area contributed by atoms with Crippen LogP contribution in [0.1, 0.15) is 12.5 Å². The number of thiocarbonyl (C=S) groups is 1. The third-order valence-electron chi connectivity index (χ3n) is 1.70. The number of pyridine rings is 1. The van der Waals surface area contributed by atoms with Gasteiger partial charge in [-0.3, -0.25) is 4.79 Å². The van der Waals surface area contributed by atoms with Crippen molar-refractivity contribution >= 4 is 39.8 Å². The number of nitrogens with zero attached hydrogens (tertiary/aromatic N) is 1. The van der Waals surface area contributed by atoms with Gasteiger partial charge in [-0.1, -0.05) is 30.7 Å². The first-order valence-corrected chi connectivity index (χ1v) is 5.87. The van der Waals surface area contributed by atoms with E-state index in [9.17, 15) is 4.79 Å². The summed E-state index contributed by atoms with van der Waals surface area (Å²) < 4.78 is 2.04. The summed E-state index contributed by atoms with van der Waals surface area (Å²) in [5.41, 5.74) is 0.307. The molecule has 1 heterocycles. The van der Waals surface area contributed by atoms with Crippen LogP contribution in [0, 0.1) is 0 Å². The molecule has 1 aromatic heterocycles.